The zero-order valence-corrected chi connectivity index (χ0v) is 17.2. The number of fused-ring (bicyclic) bond motifs is 1. The second kappa shape index (κ2) is 8.76. The van der Waals surface area contributed by atoms with E-state index in [1.54, 1.807) is 12.1 Å². The van der Waals surface area contributed by atoms with Gasteiger partial charge in [0, 0.05) is 23.0 Å². The molecule has 1 aliphatic heterocycles. The third kappa shape index (κ3) is 4.82. The average molecular weight is 452 g/mol. The lowest BCUT2D eigenvalue weighted by atomic mass is 9.89. The zero-order valence-electron chi connectivity index (χ0n) is 14.9. The third-order valence-corrected chi connectivity index (χ3v) is 5.21. The molecule has 0 radical (unpaired) electrons. The highest BCUT2D eigenvalue weighted by molar-refractivity contribution is 9.10. The molecule has 1 unspecified atom stereocenters. The summed E-state index contributed by atoms with van der Waals surface area (Å²) in [5.41, 5.74) is 2.47. The maximum absolute atomic E-state index is 12.4. The van der Waals surface area contributed by atoms with E-state index in [0.717, 1.165) is 11.3 Å². The summed E-state index contributed by atoms with van der Waals surface area (Å²) in [5.74, 6) is 0.0986. The molecule has 0 fully saturated rings. The molecule has 0 aromatic heterocycles. The van der Waals surface area contributed by atoms with E-state index in [-0.39, 0.29) is 24.2 Å². The monoisotopic (exact) mass is 450 g/mol. The van der Waals surface area contributed by atoms with E-state index >= 15 is 0 Å². The number of para-hydroxylation sites is 1. The summed E-state index contributed by atoms with van der Waals surface area (Å²) in [5, 5.41) is 6.24. The van der Waals surface area contributed by atoms with Crippen molar-refractivity contribution in [1.82, 2.24) is 0 Å². The molecule has 0 saturated carbocycles. The van der Waals surface area contributed by atoms with Crippen molar-refractivity contribution >= 4 is 50.7 Å². The first-order chi connectivity index (χ1) is 13.0. The van der Waals surface area contributed by atoms with Gasteiger partial charge in [-0.1, -0.05) is 29.8 Å². The van der Waals surface area contributed by atoms with Crippen LogP contribution in [0, 0.1) is 5.92 Å². The van der Waals surface area contributed by atoms with E-state index in [2.05, 4.69) is 26.6 Å². The summed E-state index contributed by atoms with van der Waals surface area (Å²) < 4.78 is 6.27. The second-order valence-electron chi connectivity index (χ2n) is 6.33. The molecule has 27 heavy (non-hydrogen) atoms. The Hall–Kier alpha value is -2.05. The predicted molar refractivity (Wildman–Crippen MR) is 110 cm³/mol. The molecule has 0 spiro atoms. The van der Waals surface area contributed by atoms with Gasteiger partial charge in [0.05, 0.1) is 16.8 Å². The van der Waals surface area contributed by atoms with Crippen LogP contribution in [0.3, 0.4) is 0 Å². The Balaban J connectivity index is 1.63. The van der Waals surface area contributed by atoms with Gasteiger partial charge in [-0.05, 0) is 59.5 Å². The first-order valence-corrected chi connectivity index (χ1v) is 9.95. The summed E-state index contributed by atoms with van der Waals surface area (Å²) in [4.78, 5) is 24.7. The van der Waals surface area contributed by atoms with Gasteiger partial charge in [-0.15, -0.1) is 0 Å². The minimum Gasteiger partial charge on any atom is -0.491 e. The largest absolute Gasteiger partial charge is 0.491 e. The molecule has 2 aromatic carbocycles. The van der Waals surface area contributed by atoms with Crippen LogP contribution in [0.2, 0.25) is 5.02 Å². The molecule has 0 saturated heterocycles. The van der Waals surface area contributed by atoms with Crippen LogP contribution in [0.15, 0.2) is 40.9 Å². The molecule has 2 N–H and O–H groups in total. The normalized spacial score (nSPS) is 15.7. The van der Waals surface area contributed by atoms with Crippen LogP contribution in [0.1, 0.15) is 25.3 Å². The first kappa shape index (κ1) is 19.7. The molecule has 3 rings (SSSR count). The molecule has 0 bridgehead atoms. The summed E-state index contributed by atoms with van der Waals surface area (Å²) in [6.45, 7) is 2.33. The Morgan fingerprint density at radius 1 is 1.37 bits per heavy atom. The first-order valence-electron chi connectivity index (χ1n) is 8.78. The minimum atomic E-state index is -0.219. The van der Waals surface area contributed by atoms with Gasteiger partial charge in [0.25, 0.3) is 0 Å². The fourth-order valence-electron chi connectivity index (χ4n) is 3.11. The number of carbonyl (C=O) groups excluding carboxylic acids is 2. The molecular weight excluding hydrogens is 432 g/mol. The van der Waals surface area contributed by atoms with Crippen LogP contribution < -0.4 is 15.4 Å². The average Bonchev–Trinajstić information content (AvgIpc) is 2.62. The number of ether oxygens (including phenoxy) is 1. The summed E-state index contributed by atoms with van der Waals surface area (Å²) in [6, 6.07) is 11.1. The predicted octanol–water partition coefficient (Wildman–Crippen LogP) is 5.03. The standard InChI is InChI=1S/C20H20BrClN2O3/c1-2-27-19-15(21)10-14(22)11-17(19)23-18(25)8-7-13-9-12-5-3-4-6-16(12)24-20(13)26/h3-6,10-11,13H,2,7-9H2,1H3,(H,23,25)(H,24,26). The SMILES string of the molecule is CCOc1c(Br)cc(Cl)cc1NC(=O)CCC1Cc2ccccc2NC1=O. The number of amides is 2. The van der Waals surface area contributed by atoms with Gasteiger partial charge in [0.1, 0.15) is 0 Å². The molecule has 2 aromatic rings. The van der Waals surface area contributed by atoms with Crippen LogP contribution in [0.5, 0.6) is 5.75 Å². The Labute approximate surface area is 171 Å². The van der Waals surface area contributed by atoms with E-state index < -0.39 is 0 Å². The van der Waals surface area contributed by atoms with E-state index in [9.17, 15) is 9.59 Å². The fraction of sp³-hybridized carbons (Fsp3) is 0.300. The van der Waals surface area contributed by atoms with E-state index in [1.165, 1.54) is 0 Å². The number of benzene rings is 2. The fourth-order valence-corrected chi connectivity index (χ4v) is 4.03. The highest BCUT2D eigenvalue weighted by Gasteiger charge is 2.26. The van der Waals surface area contributed by atoms with Gasteiger partial charge >= 0.3 is 0 Å². The smallest absolute Gasteiger partial charge is 0.227 e. The van der Waals surface area contributed by atoms with Crippen LogP contribution in [0.4, 0.5) is 11.4 Å². The molecular formula is C20H20BrClN2O3. The number of hydrogen-bond donors (Lipinski definition) is 2. The van der Waals surface area contributed by atoms with Gasteiger partial charge in [-0.25, -0.2) is 0 Å². The number of nitrogens with one attached hydrogen (secondary N) is 2. The maximum atomic E-state index is 12.4. The molecule has 142 valence electrons. The van der Waals surface area contributed by atoms with Gasteiger partial charge < -0.3 is 15.4 Å². The van der Waals surface area contributed by atoms with Crippen molar-refractivity contribution in [3.05, 3.63) is 51.5 Å². The van der Waals surface area contributed by atoms with Crippen molar-refractivity contribution in [2.24, 2.45) is 5.92 Å². The lowest BCUT2D eigenvalue weighted by Gasteiger charge is -2.24. The Kier molecular flexibility index (Phi) is 6.39. The minimum absolute atomic E-state index is 0.0398. The highest BCUT2D eigenvalue weighted by Crippen LogP contribution is 2.37. The Morgan fingerprint density at radius 3 is 2.93 bits per heavy atom. The van der Waals surface area contributed by atoms with Crippen molar-refractivity contribution in [3.63, 3.8) is 0 Å². The molecule has 7 heteroatoms. The van der Waals surface area contributed by atoms with E-state index in [0.29, 0.717) is 40.4 Å². The van der Waals surface area contributed by atoms with Crippen LogP contribution in [0.25, 0.3) is 0 Å². The van der Waals surface area contributed by atoms with Crippen LogP contribution in [-0.2, 0) is 16.0 Å². The molecule has 1 aliphatic rings. The number of rotatable bonds is 6. The Morgan fingerprint density at radius 2 is 2.15 bits per heavy atom. The molecule has 2 amide bonds. The number of anilines is 2. The molecule has 1 atom stereocenters. The van der Waals surface area contributed by atoms with Crippen molar-refractivity contribution < 1.29 is 14.3 Å². The van der Waals surface area contributed by atoms with Crippen molar-refractivity contribution in [2.75, 3.05) is 17.2 Å². The van der Waals surface area contributed by atoms with Crippen LogP contribution in [-0.4, -0.2) is 18.4 Å². The molecule has 0 aliphatic carbocycles. The highest BCUT2D eigenvalue weighted by atomic mass is 79.9. The van der Waals surface area contributed by atoms with Gasteiger partial charge in [-0.2, -0.15) is 0 Å². The van der Waals surface area contributed by atoms with Crippen LogP contribution >= 0.6 is 27.5 Å². The number of halogens is 2. The third-order valence-electron chi connectivity index (χ3n) is 4.40. The molecule has 1 heterocycles. The number of hydrogen-bond acceptors (Lipinski definition) is 3. The second-order valence-corrected chi connectivity index (χ2v) is 7.62. The lowest BCUT2D eigenvalue weighted by Crippen LogP contribution is -2.30. The van der Waals surface area contributed by atoms with Crippen molar-refractivity contribution in [2.45, 2.75) is 26.2 Å². The quantitative estimate of drug-likeness (QED) is 0.647. The summed E-state index contributed by atoms with van der Waals surface area (Å²) in [6.07, 6.45) is 1.34. The zero-order chi connectivity index (χ0) is 19.4. The van der Waals surface area contributed by atoms with Gasteiger partial charge in [0.2, 0.25) is 11.8 Å². The topological polar surface area (TPSA) is 67.4 Å². The Bertz CT molecular complexity index is 872. The van der Waals surface area contributed by atoms with Gasteiger partial charge in [0.15, 0.2) is 5.75 Å². The van der Waals surface area contributed by atoms with Crippen molar-refractivity contribution in [3.8, 4) is 5.75 Å². The van der Waals surface area contributed by atoms with Gasteiger partial charge in [-0.3, -0.25) is 9.59 Å². The van der Waals surface area contributed by atoms with E-state index in [4.69, 9.17) is 16.3 Å². The number of carbonyl (C=O) groups is 2. The maximum Gasteiger partial charge on any atom is 0.227 e. The van der Waals surface area contributed by atoms with Crippen molar-refractivity contribution in [1.29, 1.82) is 0 Å². The van der Waals surface area contributed by atoms with E-state index in [1.807, 2.05) is 31.2 Å². The summed E-state index contributed by atoms with van der Waals surface area (Å²) in [7, 11) is 0. The lowest BCUT2D eigenvalue weighted by molar-refractivity contribution is -0.121. The summed E-state index contributed by atoms with van der Waals surface area (Å²) >= 11 is 9.48. The molecule has 5 nitrogen and oxygen atoms in total.